The molecule has 1 N–H and O–H groups in total. The summed E-state index contributed by atoms with van der Waals surface area (Å²) in [6, 6.07) is 11.7. The van der Waals surface area contributed by atoms with Crippen LogP contribution in [0.1, 0.15) is 15.9 Å². The average Bonchev–Trinajstić information content (AvgIpc) is 2.61. The van der Waals surface area contributed by atoms with E-state index in [4.69, 9.17) is 4.74 Å². The Bertz CT molecular complexity index is 625. The number of aromatic nitrogens is 1. The molecule has 0 radical (unpaired) electrons. The lowest BCUT2D eigenvalue weighted by Gasteiger charge is -2.30. The Labute approximate surface area is 129 Å². The molecule has 1 aliphatic rings. The monoisotopic (exact) mass is 297 g/mol. The van der Waals surface area contributed by atoms with E-state index in [9.17, 15) is 4.79 Å². The van der Waals surface area contributed by atoms with Crippen molar-refractivity contribution >= 4 is 11.6 Å². The zero-order valence-corrected chi connectivity index (χ0v) is 12.4. The first-order valence-electron chi connectivity index (χ1n) is 7.43. The van der Waals surface area contributed by atoms with Crippen molar-refractivity contribution in [1.29, 1.82) is 0 Å². The van der Waals surface area contributed by atoms with Crippen molar-refractivity contribution in [3.63, 3.8) is 0 Å². The van der Waals surface area contributed by atoms with E-state index in [0.29, 0.717) is 12.1 Å². The number of nitrogens with zero attached hydrogens (tertiary/aromatic N) is 2. The van der Waals surface area contributed by atoms with E-state index in [1.807, 2.05) is 18.2 Å². The number of para-hydroxylation sites is 1. The minimum Gasteiger partial charge on any atom is -0.378 e. The number of amides is 1. The van der Waals surface area contributed by atoms with Gasteiger partial charge in [-0.15, -0.1) is 0 Å². The van der Waals surface area contributed by atoms with Gasteiger partial charge in [0.15, 0.2) is 0 Å². The van der Waals surface area contributed by atoms with Gasteiger partial charge < -0.3 is 15.0 Å². The molecule has 0 atom stereocenters. The summed E-state index contributed by atoms with van der Waals surface area (Å²) in [5, 5.41) is 2.96. The Morgan fingerprint density at radius 1 is 1.18 bits per heavy atom. The van der Waals surface area contributed by atoms with E-state index in [1.54, 1.807) is 24.5 Å². The normalized spacial score (nSPS) is 14.6. The summed E-state index contributed by atoms with van der Waals surface area (Å²) in [4.78, 5) is 18.4. The third-order valence-electron chi connectivity index (χ3n) is 3.71. The summed E-state index contributed by atoms with van der Waals surface area (Å²) in [7, 11) is 0. The van der Waals surface area contributed by atoms with E-state index in [0.717, 1.165) is 37.6 Å². The summed E-state index contributed by atoms with van der Waals surface area (Å²) in [6.07, 6.45) is 3.23. The Morgan fingerprint density at radius 3 is 2.77 bits per heavy atom. The summed E-state index contributed by atoms with van der Waals surface area (Å²) in [5.41, 5.74) is 2.85. The first-order valence-corrected chi connectivity index (χ1v) is 7.43. The fraction of sp³-hybridized carbons (Fsp3) is 0.294. The summed E-state index contributed by atoms with van der Waals surface area (Å²) < 4.78 is 5.40. The highest BCUT2D eigenvalue weighted by Crippen LogP contribution is 2.21. The molecule has 1 aromatic heterocycles. The van der Waals surface area contributed by atoms with E-state index >= 15 is 0 Å². The van der Waals surface area contributed by atoms with Crippen molar-refractivity contribution in [2.75, 3.05) is 31.2 Å². The topological polar surface area (TPSA) is 54.5 Å². The van der Waals surface area contributed by atoms with Gasteiger partial charge in [0.25, 0.3) is 5.91 Å². The fourth-order valence-corrected chi connectivity index (χ4v) is 2.55. The molecule has 5 heteroatoms. The molecular weight excluding hydrogens is 278 g/mol. The van der Waals surface area contributed by atoms with Crippen LogP contribution in [0.25, 0.3) is 0 Å². The molecule has 0 saturated carbocycles. The number of carbonyl (C=O) groups is 1. The van der Waals surface area contributed by atoms with Gasteiger partial charge in [0.1, 0.15) is 0 Å². The molecular formula is C17H19N3O2. The van der Waals surface area contributed by atoms with Crippen LogP contribution in [0.2, 0.25) is 0 Å². The van der Waals surface area contributed by atoms with Crippen molar-refractivity contribution in [3.8, 4) is 0 Å². The van der Waals surface area contributed by atoms with Gasteiger partial charge in [-0.05, 0) is 23.8 Å². The van der Waals surface area contributed by atoms with Crippen LogP contribution >= 0.6 is 0 Å². The largest absolute Gasteiger partial charge is 0.378 e. The summed E-state index contributed by atoms with van der Waals surface area (Å²) in [5.74, 6) is -0.107. The van der Waals surface area contributed by atoms with Crippen molar-refractivity contribution < 1.29 is 9.53 Å². The molecule has 1 saturated heterocycles. The Kier molecular flexibility index (Phi) is 4.65. The highest BCUT2D eigenvalue weighted by molar-refractivity contribution is 5.93. The molecule has 22 heavy (non-hydrogen) atoms. The highest BCUT2D eigenvalue weighted by atomic mass is 16.5. The molecule has 1 aromatic carbocycles. The van der Waals surface area contributed by atoms with Gasteiger partial charge >= 0.3 is 0 Å². The zero-order valence-electron chi connectivity index (χ0n) is 12.4. The maximum atomic E-state index is 12.1. The molecule has 0 unspecified atom stereocenters. The van der Waals surface area contributed by atoms with E-state index in [-0.39, 0.29) is 5.91 Å². The fourth-order valence-electron chi connectivity index (χ4n) is 2.55. The maximum Gasteiger partial charge on any atom is 0.253 e. The highest BCUT2D eigenvalue weighted by Gasteiger charge is 2.14. The van der Waals surface area contributed by atoms with Gasteiger partial charge in [-0.2, -0.15) is 0 Å². The van der Waals surface area contributed by atoms with Gasteiger partial charge in [-0.25, -0.2) is 0 Å². The Morgan fingerprint density at radius 2 is 2.00 bits per heavy atom. The van der Waals surface area contributed by atoms with Crippen LogP contribution in [0.3, 0.4) is 0 Å². The molecule has 114 valence electrons. The molecule has 0 spiro atoms. The third-order valence-corrected chi connectivity index (χ3v) is 3.71. The lowest BCUT2D eigenvalue weighted by atomic mass is 10.1. The number of morpholine rings is 1. The number of rotatable bonds is 4. The minimum atomic E-state index is -0.107. The molecule has 1 amide bonds. The summed E-state index contributed by atoms with van der Waals surface area (Å²) in [6.45, 7) is 3.76. The predicted molar refractivity (Wildman–Crippen MR) is 84.9 cm³/mol. The molecule has 1 aliphatic heterocycles. The Hall–Kier alpha value is -2.40. The number of ether oxygens (including phenoxy) is 1. The number of carbonyl (C=O) groups excluding carboxylic acids is 1. The van der Waals surface area contributed by atoms with Crippen LogP contribution in [-0.2, 0) is 11.3 Å². The Balaban J connectivity index is 1.69. The number of hydrogen-bond donors (Lipinski definition) is 1. The second kappa shape index (κ2) is 7.04. The molecule has 5 nitrogen and oxygen atoms in total. The van der Waals surface area contributed by atoms with Crippen LogP contribution in [0, 0.1) is 0 Å². The number of hydrogen-bond acceptors (Lipinski definition) is 4. The lowest BCUT2D eigenvalue weighted by molar-refractivity contribution is 0.0950. The summed E-state index contributed by atoms with van der Waals surface area (Å²) >= 11 is 0. The molecule has 0 aliphatic carbocycles. The van der Waals surface area contributed by atoms with E-state index < -0.39 is 0 Å². The van der Waals surface area contributed by atoms with Gasteiger partial charge in [-0.3, -0.25) is 9.78 Å². The van der Waals surface area contributed by atoms with Crippen molar-refractivity contribution in [2.45, 2.75) is 6.54 Å². The smallest absolute Gasteiger partial charge is 0.253 e. The maximum absolute atomic E-state index is 12.1. The van der Waals surface area contributed by atoms with Crippen LogP contribution < -0.4 is 10.2 Å². The number of benzene rings is 1. The van der Waals surface area contributed by atoms with Crippen molar-refractivity contribution in [1.82, 2.24) is 10.3 Å². The van der Waals surface area contributed by atoms with Gasteiger partial charge in [-0.1, -0.05) is 18.2 Å². The van der Waals surface area contributed by atoms with Gasteiger partial charge in [0.05, 0.1) is 18.8 Å². The first-order chi connectivity index (χ1) is 10.8. The first kappa shape index (κ1) is 14.5. The van der Waals surface area contributed by atoms with Crippen LogP contribution in [0.15, 0.2) is 48.8 Å². The van der Waals surface area contributed by atoms with Crippen molar-refractivity contribution in [3.05, 3.63) is 59.9 Å². The molecule has 3 rings (SSSR count). The molecule has 0 bridgehead atoms. The van der Waals surface area contributed by atoms with Crippen molar-refractivity contribution in [2.24, 2.45) is 0 Å². The molecule has 2 heterocycles. The lowest BCUT2D eigenvalue weighted by Crippen LogP contribution is -2.37. The third kappa shape index (κ3) is 3.43. The zero-order chi connectivity index (χ0) is 15.2. The standard InChI is InChI=1S/C17H19N3O2/c21-17(15-5-3-7-18-12-15)19-13-14-4-1-2-6-16(14)20-8-10-22-11-9-20/h1-7,12H,8-11,13H2,(H,19,21). The number of anilines is 1. The molecule has 1 fully saturated rings. The quantitative estimate of drug-likeness (QED) is 0.936. The van der Waals surface area contributed by atoms with Crippen LogP contribution in [-0.4, -0.2) is 37.2 Å². The predicted octanol–water partition coefficient (Wildman–Crippen LogP) is 1.85. The second-order valence-corrected chi connectivity index (χ2v) is 5.15. The van der Waals surface area contributed by atoms with Gasteiger partial charge in [0.2, 0.25) is 0 Å². The van der Waals surface area contributed by atoms with E-state index in [2.05, 4.69) is 21.3 Å². The second-order valence-electron chi connectivity index (χ2n) is 5.15. The SMILES string of the molecule is O=C(NCc1ccccc1N1CCOCC1)c1cccnc1. The average molecular weight is 297 g/mol. The number of nitrogens with one attached hydrogen (secondary N) is 1. The van der Waals surface area contributed by atoms with E-state index in [1.165, 1.54) is 0 Å². The number of pyridine rings is 1. The minimum absolute atomic E-state index is 0.107. The molecule has 2 aromatic rings. The van der Waals surface area contributed by atoms with Gasteiger partial charge in [0, 0.05) is 37.7 Å². The van der Waals surface area contributed by atoms with Crippen LogP contribution in [0.5, 0.6) is 0 Å². The van der Waals surface area contributed by atoms with Crippen LogP contribution in [0.4, 0.5) is 5.69 Å².